The van der Waals surface area contributed by atoms with E-state index in [0.29, 0.717) is 6.42 Å². The molecule has 0 aliphatic rings. The molecule has 0 spiro atoms. The first-order valence-electron chi connectivity index (χ1n) is 6.04. The van der Waals surface area contributed by atoms with E-state index < -0.39 is 0 Å². The van der Waals surface area contributed by atoms with E-state index in [9.17, 15) is 4.39 Å². The Bertz CT molecular complexity index is 316. The van der Waals surface area contributed by atoms with Crippen molar-refractivity contribution in [1.29, 1.82) is 0 Å². The van der Waals surface area contributed by atoms with E-state index in [4.69, 9.17) is 0 Å². The summed E-state index contributed by atoms with van der Waals surface area (Å²) < 4.78 is 12.0. The van der Waals surface area contributed by atoms with Crippen molar-refractivity contribution in [1.82, 2.24) is 5.32 Å². The molecule has 1 aromatic carbocycles. The van der Waals surface area contributed by atoms with Gasteiger partial charge in [-0.2, -0.15) is 0 Å². The number of hydrogen-bond acceptors (Lipinski definition) is 2. The van der Waals surface area contributed by atoms with Crippen molar-refractivity contribution in [2.24, 2.45) is 0 Å². The van der Waals surface area contributed by atoms with E-state index in [1.807, 2.05) is 0 Å². The molecule has 0 unspecified atom stereocenters. The summed E-state index contributed by atoms with van der Waals surface area (Å²) in [6.45, 7) is 7.15. The van der Waals surface area contributed by atoms with Gasteiger partial charge in [0, 0.05) is 22.7 Å². The van der Waals surface area contributed by atoms with Crippen molar-refractivity contribution in [3.05, 3.63) is 29.8 Å². The van der Waals surface area contributed by atoms with Gasteiger partial charge in [-0.25, -0.2) is 0 Å². The Morgan fingerprint density at radius 1 is 1.18 bits per heavy atom. The van der Waals surface area contributed by atoms with Crippen LogP contribution in [-0.2, 0) is 6.54 Å². The lowest BCUT2D eigenvalue weighted by Crippen LogP contribution is -2.35. The molecule has 0 aromatic heterocycles. The van der Waals surface area contributed by atoms with E-state index in [1.165, 1.54) is 10.5 Å². The minimum Gasteiger partial charge on any atom is -0.308 e. The van der Waals surface area contributed by atoms with Crippen molar-refractivity contribution in [2.75, 3.05) is 12.4 Å². The third-order valence-electron chi connectivity index (χ3n) is 2.29. The van der Waals surface area contributed by atoms with Gasteiger partial charge in [-0.3, -0.25) is 4.39 Å². The topological polar surface area (TPSA) is 12.0 Å². The van der Waals surface area contributed by atoms with Crippen molar-refractivity contribution < 1.29 is 4.39 Å². The first kappa shape index (κ1) is 14.5. The molecule has 3 heteroatoms. The number of thioether (sulfide) groups is 1. The van der Waals surface area contributed by atoms with Crippen LogP contribution >= 0.6 is 11.8 Å². The Morgan fingerprint density at radius 2 is 1.82 bits per heavy atom. The SMILES string of the molecule is CC(C)(C)NCc1ccc(SCCCF)cc1. The molecule has 0 heterocycles. The maximum absolute atomic E-state index is 12.0. The number of benzene rings is 1. The number of alkyl halides is 1. The fourth-order valence-electron chi connectivity index (χ4n) is 1.32. The average molecular weight is 255 g/mol. The molecule has 1 nitrogen and oxygen atoms in total. The second-order valence-corrected chi connectivity index (χ2v) is 6.31. The molecule has 0 amide bonds. The first-order valence-corrected chi connectivity index (χ1v) is 7.02. The van der Waals surface area contributed by atoms with Crippen LogP contribution in [0.15, 0.2) is 29.2 Å². The molecule has 1 rings (SSSR count). The van der Waals surface area contributed by atoms with Gasteiger partial charge in [0.1, 0.15) is 0 Å². The van der Waals surface area contributed by atoms with Crippen LogP contribution in [0.25, 0.3) is 0 Å². The zero-order valence-corrected chi connectivity index (χ0v) is 11.7. The maximum Gasteiger partial charge on any atom is 0.0902 e. The lowest BCUT2D eigenvalue weighted by molar-refractivity contribution is 0.424. The molecular weight excluding hydrogens is 233 g/mol. The Morgan fingerprint density at radius 3 is 2.35 bits per heavy atom. The van der Waals surface area contributed by atoms with Crippen molar-refractivity contribution in [3.63, 3.8) is 0 Å². The zero-order valence-electron chi connectivity index (χ0n) is 10.9. The molecule has 0 saturated heterocycles. The second-order valence-electron chi connectivity index (χ2n) is 5.14. The van der Waals surface area contributed by atoms with E-state index in [1.54, 1.807) is 11.8 Å². The molecule has 0 saturated carbocycles. The first-order chi connectivity index (χ1) is 8.01. The summed E-state index contributed by atoms with van der Waals surface area (Å²) in [7, 11) is 0. The highest BCUT2D eigenvalue weighted by Gasteiger charge is 2.07. The third-order valence-corrected chi connectivity index (χ3v) is 3.39. The van der Waals surface area contributed by atoms with Crippen LogP contribution in [-0.4, -0.2) is 18.0 Å². The summed E-state index contributed by atoms with van der Waals surface area (Å²) >= 11 is 1.72. The van der Waals surface area contributed by atoms with Gasteiger partial charge in [-0.1, -0.05) is 12.1 Å². The van der Waals surface area contributed by atoms with Crippen molar-refractivity contribution in [3.8, 4) is 0 Å². The quantitative estimate of drug-likeness (QED) is 0.608. The van der Waals surface area contributed by atoms with Gasteiger partial charge in [-0.05, 0) is 44.9 Å². The van der Waals surface area contributed by atoms with Crippen LogP contribution in [0.3, 0.4) is 0 Å². The van der Waals surface area contributed by atoms with E-state index in [-0.39, 0.29) is 12.2 Å². The Kier molecular flexibility index (Phi) is 6.00. The molecular formula is C14H22FNS. The summed E-state index contributed by atoms with van der Waals surface area (Å²) in [5.74, 6) is 0.857. The molecule has 17 heavy (non-hydrogen) atoms. The van der Waals surface area contributed by atoms with Gasteiger partial charge in [0.15, 0.2) is 0 Å². The summed E-state index contributed by atoms with van der Waals surface area (Å²) in [5, 5.41) is 3.45. The Hall–Kier alpha value is -0.540. The van der Waals surface area contributed by atoms with Crippen LogP contribution in [0.1, 0.15) is 32.8 Å². The molecule has 0 bridgehead atoms. The van der Waals surface area contributed by atoms with Crippen LogP contribution in [0.2, 0.25) is 0 Å². The highest BCUT2D eigenvalue weighted by molar-refractivity contribution is 7.99. The standard InChI is InChI=1S/C14H22FNS/c1-14(2,3)16-11-12-5-7-13(8-6-12)17-10-4-9-15/h5-8,16H,4,9-11H2,1-3H3. The van der Waals surface area contributed by atoms with Crippen LogP contribution in [0.5, 0.6) is 0 Å². The summed E-state index contributed by atoms with van der Waals surface area (Å²) in [4.78, 5) is 1.22. The minimum atomic E-state index is -0.222. The third kappa shape index (κ3) is 6.69. The van der Waals surface area contributed by atoms with Crippen LogP contribution < -0.4 is 5.32 Å². The normalized spacial score (nSPS) is 11.8. The van der Waals surface area contributed by atoms with Crippen LogP contribution in [0, 0.1) is 0 Å². The van der Waals surface area contributed by atoms with Gasteiger partial charge in [0.25, 0.3) is 0 Å². The average Bonchev–Trinajstić information content (AvgIpc) is 2.27. The van der Waals surface area contributed by atoms with Gasteiger partial charge < -0.3 is 5.32 Å². The molecule has 96 valence electrons. The lowest BCUT2D eigenvalue weighted by Gasteiger charge is -2.20. The lowest BCUT2D eigenvalue weighted by atomic mass is 10.1. The van der Waals surface area contributed by atoms with E-state index in [0.717, 1.165) is 12.3 Å². The molecule has 0 radical (unpaired) electrons. The number of halogens is 1. The minimum absolute atomic E-state index is 0.147. The fraction of sp³-hybridized carbons (Fsp3) is 0.571. The molecule has 0 aliphatic heterocycles. The highest BCUT2D eigenvalue weighted by atomic mass is 32.2. The van der Waals surface area contributed by atoms with Gasteiger partial charge in [-0.15, -0.1) is 11.8 Å². The van der Waals surface area contributed by atoms with Gasteiger partial charge in [0.05, 0.1) is 6.67 Å². The number of hydrogen-bond donors (Lipinski definition) is 1. The Balaban J connectivity index is 2.39. The predicted octanol–water partition coefficient (Wildman–Crippen LogP) is 4.03. The van der Waals surface area contributed by atoms with Gasteiger partial charge in [0.2, 0.25) is 0 Å². The van der Waals surface area contributed by atoms with Crippen molar-refractivity contribution >= 4 is 11.8 Å². The van der Waals surface area contributed by atoms with Gasteiger partial charge >= 0.3 is 0 Å². The van der Waals surface area contributed by atoms with Crippen LogP contribution in [0.4, 0.5) is 4.39 Å². The largest absolute Gasteiger partial charge is 0.308 e. The fourth-order valence-corrected chi connectivity index (χ4v) is 2.13. The summed E-state index contributed by atoms with van der Waals surface area (Å²) in [6.07, 6.45) is 0.637. The predicted molar refractivity (Wildman–Crippen MR) is 74.4 cm³/mol. The van der Waals surface area contributed by atoms with E-state index >= 15 is 0 Å². The molecule has 0 fully saturated rings. The maximum atomic E-state index is 12.0. The molecule has 0 atom stereocenters. The zero-order chi connectivity index (χ0) is 12.7. The summed E-state index contributed by atoms with van der Waals surface area (Å²) in [5.41, 5.74) is 1.43. The number of nitrogens with one attached hydrogen (secondary N) is 1. The molecule has 1 aromatic rings. The highest BCUT2D eigenvalue weighted by Crippen LogP contribution is 2.19. The molecule has 1 N–H and O–H groups in total. The van der Waals surface area contributed by atoms with Crippen molar-refractivity contribution in [2.45, 2.75) is 44.2 Å². The monoisotopic (exact) mass is 255 g/mol. The molecule has 0 aliphatic carbocycles. The summed E-state index contributed by atoms with van der Waals surface area (Å²) in [6, 6.07) is 8.50. The smallest absolute Gasteiger partial charge is 0.0902 e. The van der Waals surface area contributed by atoms with E-state index in [2.05, 4.69) is 50.4 Å². The number of rotatable bonds is 6. The Labute approximate surface area is 108 Å². The second kappa shape index (κ2) is 7.02.